The third-order valence-corrected chi connectivity index (χ3v) is 3.85. The van der Waals surface area contributed by atoms with Gasteiger partial charge in [0.25, 0.3) is 0 Å². The molecule has 0 radical (unpaired) electrons. The normalized spacial score (nSPS) is 10.8. The molecule has 3 heteroatoms. The lowest BCUT2D eigenvalue weighted by Crippen LogP contribution is -2.00. The molecule has 0 aliphatic heterocycles. The molecule has 3 rings (SSSR count). The van der Waals surface area contributed by atoms with Crippen LogP contribution in [0.25, 0.3) is 10.9 Å². The van der Waals surface area contributed by atoms with Crippen LogP contribution in [0.5, 0.6) is 0 Å². The molecule has 1 aromatic heterocycles. The molecule has 1 N–H and O–H groups in total. The third kappa shape index (κ3) is 3.17. The van der Waals surface area contributed by atoms with E-state index in [1.165, 1.54) is 11.1 Å². The second-order valence-electron chi connectivity index (χ2n) is 5.04. The third-order valence-electron chi connectivity index (χ3n) is 3.62. The average molecular weight is 297 g/mol. The number of nitrogens with one attached hydrogen (secondary N) is 1. The number of benzene rings is 2. The van der Waals surface area contributed by atoms with Gasteiger partial charge in [0.15, 0.2) is 0 Å². The predicted octanol–water partition coefficient (Wildman–Crippen LogP) is 5.06. The Labute approximate surface area is 129 Å². The number of halogens is 1. The van der Waals surface area contributed by atoms with Crippen molar-refractivity contribution in [1.82, 2.24) is 4.98 Å². The zero-order chi connectivity index (χ0) is 14.7. The lowest BCUT2D eigenvalue weighted by atomic mass is 10.1. The average Bonchev–Trinajstić information content (AvgIpc) is 2.53. The summed E-state index contributed by atoms with van der Waals surface area (Å²) in [6.07, 6.45) is 2.88. The highest BCUT2D eigenvalue weighted by Gasteiger charge is 2.02. The minimum Gasteiger partial charge on any atom is -0.380 e. The molecule has 0 fully saturated rings. The fourth-order valence-electron chi connectivity index (χ4n) is 2.37. The maximum atomic E-state index is 6.01. The molecule has 1 heterocycles. The van der Waals surface area contributed by atoms with Gasteiger partial charge < -0.3 is 5.32 Å². The van der Waals surface area contributed by atoms with Crippen molar-refractivity contribution in [1.29, 1.82) is 0 Å². The van der Waals surface area contributed by atoms with Gasteiger partial charge in [0.1, 0.15) is 0 Å². The predicted molar refractivity (Wildman–Crippen MR) is 89.9 cm³/mol. The summed E-state index contributed by atoms with van der Waals surface area (Å²) in [4.78, 5) is 4.36. The smallest absolute Gasteiger partial charge is 0.0737 e. The van der Waals surface area contributed by atoms with E-state index in [0.717, 1.165) is 29.6 Å². The van der Waals surface area contributed by atoms with E-state index in [9.17, 15) is 0 Å². The molecule has 106 valence electrons. The van der Waals surface area contributed by atoms with E-state index >= 15 is 0 Å². The number of nitrogens with zero attached hydrogens (tertiary/aromatic N) is 1. The second-order valence-corrected chi connectivity index (χ2v) is 5.48. The summed E-state index contributed by atoms with van der Waals surface area (Å²) in [5.74, 6) is 0. The maximum absolute atomic E-state index is 6.01. The van der Waals surface area contributed by atoms with Crippen LogP contribution in [0.3, 0.4) is 0 Å². The quantitative estimate of drug-likeness (QED) is 0.727. The molecule has 0 atom stereocenters. The van der Waals surface area contributed by atoms with Crippen molar-refractivity contribution in [2.75, 3.05) is 5.32 Å². The Morgan fingerprint density at radius 3 is 2.52 bits per heavy atom. The molecule has 0 saturated carbocycles. The van der Waals surface area contributed by atoms with E-state index in [-0.39, 0.29) is 0 Å². The van der Waals surface area contributed by atoms with Crippen LogP contribution in [0.4, 0.5) is 5.69 Å². The van der Waals surface area contributed by atoms with Gasteiger partial charge in [-0.2, -0.15) is 0 Å². The molecule has 0 unspecified atom stereocenters. The van der Waals surface area contributed by atoms with E-state index in [1.54, 1.807) is 6.20 Å². The first-order valence-electron chi connectivity index (χ1n) is 7.12. The van der Waals surface area contributed by atoms with Crippen molar-refractivity contribution in [3.63, 3.8) is 0 Å². The number of hydrogen-bond donors (Lipinski definition) is 1. The van der Waals surface area contributed by atoms with E-state index in [1.807, 2.05) is 24.3 Å². The number of rotatable bonds is 4. The highest BCUT2D eigenvalue weighted by Crippen LogP contribution is 2.24. The minimum absolute atomic E-state index is 0.710. The molecule has 2 nitrogen and oxygen atoms in total. The van der Waals surface area contributed by atoms with Gasteiger partial charge in [-0.05, 0) is 41.8 Å². The van der Waals surface area contributed by atoms with Crippen molar-refractivity contribution in [3.05, 3.63) is 70.9 Å². The Balaban J connectivity index is 1.81. The second kappa shape index (κ2) is 6.15. The monoisotopic (exact) mass is 296 g/mol. The van der Waals surface area contributed by atoms with Crippen molar-refractivity contribution < 1.29 is 0 Å². The molecule has 0 amide bonds. The van der Waals surface area contributed by atoms with Crippen LogP contribution in [0.2, 0.25) is 5.02 Å². The Kier molecular flexibility index (Phi) is 4.07. The lowest BCUT2D eigenvalue weighted by molar-refractivity contribution is 1.11. The van der Waals surface area contributed by atoms with Crippen molar-refractivity contribution >= 4 is 28.2 Å². The summed E-state index contributed by atoms with van der Waals surface area (Å²) in [5.41, 5.74) is 4.62. The summed E-state index contributed by atoms with van der Waals surface area (Å²) in [5, 5.41) is 5.28. The topological polar surface area (TPSA) is 24.9 Å². The van der Waals surface area contributed by atoms with E-state index in [2.05, 4.69) is 41.5 Å². The summed E-state index contributed by atoms with van der Waals surface area (Å²) < 4.78 is 0. The van der Waals surface area contributed by atoms with Crippen LogP contribution in [0.15, 0.2) is 54.7 Å². The van der Waals surface area contributed by atoms with Crippen molar-refractivity contribution in [2.45, 2.75) is 19.9 Å². The number of fused-ring (bicyclic) bond motifs is 1. The SMILES string of the molecule is CCc1ccc(CNc2ccnc3cc(Cl)ccc23)cc1. The molecule has 2 aromatic carbocycles. The van der Waals surface area contributed by atoms with E-state index in [0.29, 0.717) is 5.02 Å². The van der Waals surface area contributed by atoms with Gasteiger partial charge in [0.05, 0.1) is 5.52 Å². The van der Waals surface area contributed by atoms with Crippen LogP contribution < -0.4 is 5.32 Å². The first-order valence-corrected chi connectivity index (χ1v) is 7.50. The van der Waals surface area contributed by atoms with Crippen LogP contribution >= 0.6 is 11.6 Å². The van der Waals surface area contributed by atoms with Gasteiger partial charge in [-0.15, -0.1) is 0 Å². The maximum Gasteiger partial charge on any atom is 0.0737 e. The van der Waals surface area contributed by atoms with Crippen molar-refractivity contribution in [3.8, 4) is 0 Å². The Hall–Kier alpha value is -2.06. The zero-order valence-corrected chi connectivity index (χ0v) is 12.7. The van der Waals surface area contributed by atoms with Gasteiger partial charge in [0, 0.05) is 28.8 Å². The van der Waals surface area contributed by atoms with Gasteiger partial charge in [-0.3, -0.25) is 4.98 Å². The standard InChI is InChI=1S/C18H17ClN2/c1-2-13-3-5-14(6-4-13)12-21-17-9-10-20-18-11-15(19)7-8-16(17)18/h3-11H,2,12H2,1H3,(H,20,21). The highest BCUT2D eigenvalue weighted by molar-refractivity contribution is 6.31. The summed E-state index contributed by atoms with van der Waals surface area (Å²) in [6.45, 7) is 2.97. The molecule has 0 spiro atoms. The molecule has 3 aromatic rings. The summed E-state index contributed by atoms with van der Waals surface area (Å²) in [6, 6.07) is 16.5. The number of aryl methyl sites for hydroxylation is 1. The number of hydrogen-bond acceptors (Lipinski definition) is 2. The first-order chi connectivity index (χ1) is 10.3. The summed E-state index contributed by atoms with van der Waals surface area (Å²) in [7, 11) is 0. The molecular formula is C18H17ClN2. The summed E-state index contributed by atoms with van der Waals surface area (Å²) >= 11 is 6.01. The van der Waals surface area contributed by atoms with Gasteiger partial charge in [-0.25, -0.2) is 0 Å². The molecule has 0 bridgehead atoms. The van der Waals surface area contributed by atoms with Gasteiger partial charge in [-0.1, -0.05) is 42.8 Å². The van der Waals surface area contributed by atoms with Gasteiger partial charge in [0.2, 0.25) is 0 Å². The van der Waals surface area contributed by atoms with Gasteiger partial charge >= 0.3 is 0 Å². The van der Waals surface area contributed by atoms with Crippen LogP contribution in [-0.4, -0.2) is 4.98 Å². The van der Waals surface area contributed by atoms with E-state index in [4.69, 9.17) is 11.6 Å². The Morgan fingerprint density at radius 1 is 1.00 bits per heavy atom. The Morgan fingerprint density at radius 2 is 1.76 bits per heavy atom. The fraction of sp³-hybridized carbons (Fsp3) is 0.167. The van der Waals surface area contributed by atoms with Crippen LogP contribution in [0, 0.1) is 0 Å². The highest BCUT2D eigenvalue weighted by atomic mass is 35.5. The lowest BCUT2D eigenvalue weighted by Gasteiger charge is -2.10. The van der Waals surface area contributed by atoms with E-state index < -0.39 is 0 Å². The van der Waals surface area contributed by atoms with Crippen LogP contribution in [0.1, 0.15) is 18.1 Å². The molecule has 0 aliphatic carbocycles. The van der Waals surface area contributed by atoms with Crippen molar-refractivity contribution in [2.24, 2.45) is 0 Å². The zero-order valence-electron chi connectivity index (χ0n) is 11.9. The molecule has 0 aliphatic rings. The molecule has 0 saturated heterocycles. The number of anilines is 1. The number of pyridine rings is 1. The fourth-order valence-corrected chi connectivity index (χ4v) is 2.53. The molecular weight excluding hydrogens is 280 g/mol. The number of aromatic nitrogens is 1. The largest absolute Gasteiger partial charge is 0.380 e. The molecule has 21 heavy (non-hydrogen) atoms. The van der Waals surface area contributed by atoms with Crippen LogP contribution in [-0.2, 0) is 13.0 Å². The Bertz CT molecular complexity index is 751. The first kappa shape index (κ1) is 13.9. The minimum atomic E-state index is 0.710.